The van der Waals surface area contributed by atoms with E-state index in [2.05, 4.69) is 5.32 Å². The zero-order valence-electron chi connectivity index (χ0n) is 8.85. The highest BCUT2D eigenvalue weighted by Crippen LogP contribution is 2.31. The number of hydrogen-bond donors (Lipinski definition) is 1. The second-order valence-electron chi connectivity index (χ2n) is 4.27. The van der Waals surface area contributed by atoms with Crippen LogP contribution in [0.4, 0.5) is 8.78 Å². The molecule has 1 N–H and O–H groups in total. The van der Waals surface area contributed by atoms with E-state index in [9.17, 15) is 8.78 Å². The third-order valence-electron chi connectivity index (χ3n) is 2.97. The molecule has 0 aliphatic heterocycles. The summed E-state index contributed by atoms with van der Waals surface area (Å²) in [7, 11) is 0. The molecule has 0 bridgehead atoms. The highest BCUT2D eigenvalue weighted by Gasteiger charge is 2.26. The molecule has 0 heterocycles. The smallest absolute Gasteiger partial charge is 0.130 e. The maximum Gasteiger partial charge on any atom is 0.130 e. The summed E-state index contributed by atoms with van der Waals surface area (Å²) in [6.07, 6.45) is 1.99. The first kappa shape index (κ1) is 11.8. The van der Waals surface area contributed by atoms with Crippen molar-refractivity contribution in [2.45, 2.75) is 24.8 Å². The minimum Gasteiger partial charge on any atom is -0.312 e. The summed E-state index contributed by atoms with van der Waals surface area (Å²) in [4.78, 5) is 0. The van der Waals surface area contributed by atoms with Crippen molar-refractivity contribution in [1.29, 1.82) is 0 Å². The van der Waals surface area contributed by atoms with Gasteiger partial charge in [-0.2, -0.15) is 0 Å². The number of alkyl halides is 1. The Morgan fingerprint density at radius 1 is 1.25 bits per heavy atom. The Morgan fingerprint density at radius 2 is 1.88 bits per heavy atom. The van der Waals surface area contributed by atoms with Crippen LogP contribution in [0.3, 0.4) is 0 Å². The van der Waals surface area contributed by atoms with E-state index in [4.69, 9.17) is 11.6 Å². The molecule has 4 heteroatoms. The van der Waals surface area contributed by atoms with Crippen LogP contribution in [-0.4, -0.2) is 11.9 Å². The van der Waals surface area contributed by atoms with Crippen LogP contribution in [0.25, 0.3) is 0 Å². The van der Waals surface area contributed by atoms with Crippen molar-refractivity contribution in [3.8, 4) is 0 Å². The van der Waals surface area contributed by atoms with Gasteiger partial charge in [-0.15, -0.1) is 11.6 Å². The van der Waals surface area contributed by atoms with Crippen LogP contribution in [0.15, 0.2) is 18.2 Å². The molecule has 0 amide bonds. The van der Waals surface area contributed by atoms with Crippen molar-refractivity contribution in [1.82, 2.24) is 5.32 Å². The molecule has 2 rings (SSSR count). The van der Waals surface area contributed by atoms with Gasteiger partial charge in [0.2, 0.25) is 0 Å². The number of hydrogen-bond acceptors (Lipinski definition) is 1. The zero-order valence-corrected chi connectivity index (χ0v) is 9.61. The van der Waals surface area contributed by atoms with Gasteiger partial charge in [0.25, 0.3) is 0 Å². The predicted octanol–water partition coefficient (Wildman–Crippen LogP) is 3.07. The Labute approximate surface area is 98.8 Å². The molecule has 88 valence electrons. The SMILES string of the molecule is Fc1cccc(F)c1CNCC1CC(Cl)C1. The summed E-state index contributed by atoms with van der Waals surface area (Å²) in [6, 6.07) is 3.93. The molecule has 1 aromatic rings. The van der Waals surface area contributed by atoms with Gasteiger partial charge >= 0.3 is 0 Å². The third kappa shape index (κ3) is 2.71. The first-order chi connectivity index (χ1) is 7.66. The Hall–Kier alpha value is -0.670. The molecule has 0 aromatic heterocycles. The van der Waals surface area contributed by atoms with Crippen LogP contribution in [0.2, 0.25) is 0 Å². The van der Waals surface area contributed by atoms with E-state index >= 15 is 0 Å². The van der Waals surface area contributed by atoms with Gasteiger partial charge in [0.05, 0.1) is 0 Å². The molecule has 1 fully saturated rings. The van der Waals surface area contributed by atoms with Crippen LogP contribution in [0.5, 0.6) is 0 Å². The van der Waals surface area contributed by atoms with Gasteiger partial charge in [-0.1, -0.05) is 6.07 Å². The third-order valence-corrected chi connectivity index (χ3v) is 3.33. The van der Waals surface area contributed by atoms with Crippen LogP contribution in [0.1, 0.15) is 18.4 Å². The van der Waals surface area contributed by atoms with Crippen molar-refractivity contribution >= 4 is 11.6 Å². The standard InChI is InChI=1S/C12H14ClF2N/c13-9-4-8(5-9)6-16-7-10-11(14)2-1-3-12(10)15/h1-3,8-9,16H,4-7H2. The lowest BCUT2D eigenvalue weighted by Crippen LogP contribution is -2.33. The topological polar surface area (TPSA) is 12.0 Å². The average Bonchev–Trinajstić information content (AvgIpc) is 2.19. The summed E-state index contributed by atoms with van der Waals surface area (Å²) < 4.78 is 26.5. The fourth-order valence-electron chi connectivity index (χ4n) is 1.92. The minimum absolute atomic E-state index is 0.115. The van der Waals surface area contributed by atoms with Gasteiger partial charge in [-0.05, 0) is 37.4 Å². The molecule has 1 saturated carbocycles. The van der Waals surface area contributed by atoms with Crippen molar-refractivity contribution in [3.63, 3.8) is 0 Å². The van der Waals surface area contributed by atoms with Crippen molar-refractivity contribution in [2.75, 3.05) is 6.54 Å². The van der Waals surface area contributed by atoms with Gasteiger partial charge in [0.15, 0.2) is 0 Å². The van der Waals surface area contributed by atoms with Crippen molar-refractivity contribution in [3.05, 3.63) is 35.4 Å². The molecule has 1 nitrogen and oxygen atoms in total. The number of benzene rings is 1. The molecule has 0 spiro atoms. The summed E-state index contributed by atoms with van der Waals surface area (Å²) in [5.41, 5.74) is 0.115. The molecule has 1 aromatic carbocycles. The van der Waals surface area contributed by atoms with Crippen LogP contribution >= 0.6 is 11.6 Å². The maximum atomic E-state index is 13.2. The zero-order chi connectivity index (χ0) is 11.5. The summed E-state index contributed by atoms with van der Waals surface area (Å²) >= 11 is 5.84. The summed E-state index contributed by atoms with van der Waals surface area (Å²) in [5, 5.41) is 3.36. The highest BCUT2D eigenvalue weighted by atomic mass is 35.5. The average molecular weight is 246 g/mol. The van der Waals surface area contributed by atoms with E-state index in [0.717, 1.165) is 19.4 Å². The number of rotatable bonds is 4. The molecule has 1 aliphatic rings. The fourth-order valence-corrected chi connectivity index (χ4v) is 2.43. The molecule has 0 atom stereocenters. The van der Waals surface area contributed by atoms with E-state index in [1.807, 2.05) is 0 Å². The largest absolute Gasteiger partial charge is 0.312 e. The van der Waals surface area contributed by atoms with Gasteiger partial charge in [-0.25, -0.2) is 8.78 Å². The van der Waals surface area contributed by atoms with E-state index < -0.39 is 11.6 Å². The van der Waals surface area contributed by atoms with Gasteiger partial charge < -0.3 is 5.32 Å². The normalized spacial score (nSPS) is 24.2. The maximum absolute atomic E-state index is 13.2. The summed E-state index contributed by atoms with van der Waals surface area (Å²) in [6.45, 7) is 1.01. The molecule has 1 aliphatic carbocycles. The van der Waals surface area contributed by atoms with E-state index in [1.165, 1.54) is 18.2 Å². The second-order valence-corrected chi connectivity index (χ2v) is 4.88. The number of halogens is 3. The first-order valence-electron chi connectivity index (χ1n) is 5.44. The monoisotopic (exact) mass is 245 g/mol. The molecule has 0 unspecified atom stereocenters. The highest BCUT2D eigenvalue weighted by molar-refractivity contribution is 6.21. The fraction of sp³-hybridized carbons (Fsp3) is 0.500. The van der Waals surface area contributed by atoms with E-state index in [1.54, 1.807) is 0 Å². The predicted molar refractivity (Wildman–Crippen MR) is 60.4 cm³/mol. The first-order valence-corrected chi connectivity index (χ1v) is 5.88. The molecule has 16 heavy (non-hydrogen) atoms. The Morgan fingerprint density at radius 3 is 2.44 bits per heavy atom. The van der Waals surface area contributed by atoms with Crippen LogP contribution < -0.4 is 5.32 Å². The lowest BCUT2D eigenvalue weighted by atomic mass is 9.85. The Balaban J connectivity index is 1.81. The van der Waals surface area contributed by atoms with Gasteiger partial charge in [0.1, 0.15) is 11.6 Å². The van der Waals surface area contributed by atoms with Crippen molar-refractivity contribution < 1.29 is 8.78 Å². The summed E-state index contributed by atoms with van der Waals surface area (Å²) in [5.74, 6) is -0.426. The molecular weight excluding hydrogens is 232 g/mol. The van der Waals surface area contributed by atoms with E-state index in [-0.39, 0.29) is 17.5 Å². The Kier molecular flexibility index (Phi) is 3.77. The van der Waals surface area contributed by atoms with E-state index in [0.29, 0.717) is 5.92 Å². The molecular formula is C12H14ClF2N. The lowest BCUT2D eigenvalue weighted by molar-refractivity contribution is 0.307. The molecule has 0 radical (unpaired) electrons. The lowest BCUT2D eigenvalue weighted by Gasteiger charge is -2.31. The molecule has 0 saturated heterocycles. The minimum atomic E-state index is -0.490. The van der Waals surface area contributed by atoms with Crippen LogP contribution in [-0.2, 0) is 6.54 Å². The van der Waals surface area contributed by atoms with Gasteiger partial charge in [0, 0.05) is 17.5 Å². The van der Waals surface area contributed by atoms with Crippen molar-refractivity contribution in [2.24, 2.45) is 5.92 Å². The Bertz CT molecular complexity index is 344. The number of nitrogens with one attached hydrogen (secondary N) is 1. The van der Waals surface area contributed by atoms with Gasteiger partial charge in [-0.3, -0.25) is 0 Å². The quantitative estimate of drug-likeness (QED) is 0.804. The van der Waals surface area contributed by atoms with Crippen LogP contribution in [0, 0.1) is 17.6 Å². The second kappa shape index (κ2) is 5.11.